The zero-order chi connectivity index (χ0) is 18.7. The van der Waals surface area contributed by atoms with Gasteiger partial charge < -0.3 is 20.0 Å². The van der Waals surface area contributed by atoms with Crippen molar-refractivity contribution in [1.82, 2.24) is 15.5 Å². The zero-order valence-electron chi connectivity index (χ0n) is 16.4. The molecule has 27 heavy (non-hydrogen) atoms. The summed E-state index contributed by atoms with van der Waals surface area (Å²) in [5.74, 6) is 2.91. The number of nitrogens with zero attached hydrogens (tertiary/aromatic N) is 2. The molecule has 1 saturated heterocycles. The maximum atomic E-state index is 11.7. The molecule has 6 nitrogen and oxygen atoms in total. The van der Waals surface area contributed by atoms with Crippen LogP contribution in [0, 0.1) is 5.92 Å². The molecule has 1 saturated carbocycles. The fourth-order valence-corrected chi connectivity index (χ4v) is 3.94. The number of guanidine groups is 1. The summed E-state index contributed by atoms with van der Waals surface area (Å²) in [5.41, 5.74) is 0. The predicted octanol–water partition coefficient (Wildman–Crippen LogP) is 2.95. The van der Waals surface area contributed by atoms with Crippen LogP contribution in [0.5, 0.6) is 0 Å². The number of nitrogens with one attached hydrogen (secondary N) is 2. The second-order valence-electron chi connectivity index (χ2n) is 7.71. The molecule has 1 aromatic heterocycles. The van der Waals surface area contributed by atoms with Crippen molar-refractivity contribution in [2.45, 2.75) is 57.8 Å². The summed E-state index contributed by atoms with van der Waals surface area (Å²) in [5, 5.41) is 6.88. The Morgan fingerprint density at radius 3 is 2.78 bits per heavy atom. The van der Waals surface area contributed by atoms with Gasteiger partial charge in [0.05, 0.1) is 6.26 Å². The molecule has 0 spiro atoms. The number of amides is 1. The number of hydrogen-bond acceptors (Lipinski definition) is 3. The van der Waals surface area contributed by atoms with E-state index in [1.165, 1.54) is 32.1 Å². The number of carbonyl (C=O) groups is 1. The summed E-state index contributed by atoms with van der Waals surface area (Å²) < 4.78 is 5.40. The first-order valence-corrected chi connectivity index (χ1v) is 10.6. The van der Waals surface area contributed by atoms with Crippen molar-refractivity contribution in [2.24, 2.45) is 10.9 Å². The highest BCUT2D eigenvalue weighted by molar-refractivity contribution is 5.80. The molecular formula is C21H34N4O2. The van der Waals surface area contributed by atoms with E-state index in [9.17, 15) is 4.79 Å². The van der Waals surface area contributed by atoms with Crippen LogP contribution in [0.25, 0.3) is 0 Å². The van der Waals surface area contributed by atoms with Gasteiger partial charge in [0.2, 0.25) is 5.91 Å². The quantitative estimate of drug-likeness (QED) is 0.396. The van der Waals surface area contributed by atoms with Crippen molar-refractivity contribution in [3.05, 3.63) is 24.2 Å². The van der Waals surface area contributed by atoms with Crippen molar-refractivity contribution in [3.8, 4) is 0 Å². The first-order valence-electron chi connectivity index (χ1n) is 10.6. The largest absolute Gasteiger partial charge is 0.469 e. The topological polar surface area (TPSA) is 69.9 Å². The Balaban J connectivity index is 1.41. The van der Waals surface area contributed by atoms with E-state index in [1.54, 1.807) is 6.26 Å². The number of carbonyl (C=O) groups excluding carboxylic acids is 1. The minimum atomic E-state index is 0.303. The van der Waals surface area contributed by atoms with E-state index in [2.05, 4.69) is 10.6 Å². The standard InChI is InChI=1S/C21H34N4O2/c26-20-10-4-14-25(20)15-6-12-22-21(23-13-11-19-9-5-16-27-19)24-17-18-7-2-1-3-8-18/h5,9,16,18H,1-4,6-8,10-15,17H2,(H2,22,23,24). The fourth-order valence-electron chi connectivity index (χ4n) is 3.94. The molecule has 3 rings (SSSR count). The van der Waals surface area contributed by atoms with E-state index >= 15 is 0 Å². The molecule has 1 aliphatic heterocycles. The second kappa shape index (κ2) is 11.0. The van der Waals surface area contributed by atoms with Gasteiger partial charge in [-0.3, -0.25) is 9.79 Å². The molecule has 150 valence electrons. The van der Waals surface area contributed by atoms with Gasteiger partial charge in [-0.25, -0.2) is 0 Å². The molecular weight excluding hydrogens is 340 g/mol. The number of rotatable bonds is 9. The summed E-state index contributed by atoms with van der Waals surface area (Å²) in [4.78, 5) is 18.5. The maximum absolute atomic E-state index is 11.7. The van der Waals surface area contributed by atoms with E-state index < -0.39 is 0 Å². The number of aliphatic imine (C=N–C) groups is 1. The zero-order valence-corrected chi connectivity index (χ0v) is 16.4. The van der Waals surface area contributed by atoms with Crippen LogP contribution in [0.1, 0.15) is 57.1 Å². The van der Waals surface area contributed by atoms with Gasteiger partial charge in [-0.15, -0.1) is 0 Å². The average molecular weight is 375 g/mol. The van der Waals surface area contributed by atoms with Crippen LogP contribution in [-0.4, -0.2) is 49.5 Å². The van der Waals surface area contributed by atoms with Gasteiger partial charge in [0.1, 0.15) is 5.76 Å². The van der Waals surface area contributed by atoms with Gasteiger partial charge in [-0.05, 0) is 43.7 Å². The number of hydrogen-bond donors (Lipinski definition) is 2. The summed E-state index contributed by atoms with van der Waals surface area (Å²) in [7, 11) is 0. The second-order valence-corrected chi connectivity index (χ2v) is 7.71. The number of furan rings is 1. The number of likely N-dealkylation sites (tertiary alicyclic amines) is 1. The monoisotopic (exact) mass is 374 g/mol. The lowest BCUT2D eigenvalue weighted by Gasteiger charge is -2.21. The minimum Gasteiger partial charge on any atom is -0.469 e. The molecule has 0 bridgehead atoms. The molecule has 2 N–H and O–H groups in total. The molecule has 1 amide bonds. The smallest absolute Gasteiger partial charge is 0.222 e. The minimum absolute atomic E-state index is 0.303. The predicted molar refractivity (Wildman–Crippen MR) is 108 cm³/mol. The van der Waals surface area contributed by atoms with Gasteiger partial charge in [0.25, 0.3) is 0 Å². The molecule has 0 unspecified atom stereocenters. The molecule has 0 aromatic carbocycles. The highest BCUT2D eigenvalue weighted by Gasteiger charge is 2.19. The van der Waals surface area contributed by atoms with Gasteiger partial charge >= 0.3 is 0 Å². The van der Waals surface area contributed by atoms with E-state index in [0.29, 0.717) is 5.91 Å². The van der Waals surface area contributed by atoms with Gasteiger partial charge in [-0.1, -0.05) is 19.3 Å². The lowest BCUT2D eigenvalue weighted by atomic mass is 9.89. The van der Waals surface area contributed by atoms with E-state index in [0.717, 1.165) is 76.0 Å². The molecule has 2 aliphatic rings. The van der Waals surface area contributed by atoms with E-state index in [-0.39, 0.29) is 0 Å². The van der Waals surface area contributed by atoms with Crippen molar-refractivity contribution >= 4 is 11.9 Å². The first kappa shape index (κ1) is 19.8. The molecule has 2 fully saturated rings. The van der Waals surface area contributed by atoms with Gasteiger partial charge in [-0.2, -0.15) is 0 Å². The van der Waals surface area contributed by atoms with Crippen LogP contribution in [0.3, 0.4) is 0 Å². The van der Waals surface area contributed by atoms with Crippen molar-refractivity contribution in [3.63, 3.8) is 0 Å². The molecule has 0 atom stereocenters. The highest BCUT2D eigenvalue weighted by Crippen LogP contribution is 2.23. The Morgan fingerprint density at radius 1 is 1.19 bits per heavy atom. The van der Waals surface area contributed by atoms with Crippen LogP contribution in [-0.2, 0) is 11.2 Å². The third kappa shape index (κ3) is 6.92. The normalized spacial score (nSPS) is 18.9. The summed E-state index contributed by atoms with van der Waals surface area (Å²) in [6.07, 6.45) is 11.9. The molecule has 0 radical (unpaired) electrons. The van der Waals surface area contributed by atoms with Crippen LogP contribution >= 0.6 is 0 Å². The molecule has 1 aliphatic carbocycles. The average Bonchev–Trinajstić information content (AvgIpc) is 3.35. The molecule has 2 heterocycles. The lowest BCUT2D eigenvalue weighted by molar-refractivity contribution is -0.127. The van der Waals surface area contributed by atoms with E-state index in [1.807, 2.05) is 17.0 Å². The van der Waals surface area contributed by atoms with Gasteiger partial charge in [0, 0.05) is 45.6 Å². The molecule has 1 aromatic rings. The van der Waals surface area contributed by atoms with Crippen LogP contribution < -0.4 is 10.6 Å². The van der Waals surface area contributed by atoms with E-state index in [4.69, 9.17) is 9.41 Å². The Kier molecular flexibility index (Phi) is 8.05. The maximum Gasteiger partial charge on any atom is 0.222 e. The Morgan fingerprint density at radius 2 is 2.04 bits per heavy atom. The molecule has 6 heteroatoms. The van der Waals surface area contributed by atoms with Crippen molar-refractivity contribution in [1.29, 1.82) is 0 Å². The van der Waals surface area contributed by atoms with Crippen LogP contribution in [0.2, 0.25) is 0 Å². The van der Waals surface area contributed by atoms with Crippen LogP contribution in [0.4, 0.5) is 0 Å². The lowest BCUT2D eigenvalue weighted by Crippen LogP contribution is -2.40. The SMILES string of the molecule is O=C1CCCN1CCCNC(=NCC1CCCCC1)NCCc1ccco1. The van der Waals surface area contributed by atoms with Crippen molar-refractivity contribution < 1.29 is 9.21 Å². The highest BCUT2D eigenvalue weighted by atomic mass is 16.3. The summed E-state index contributed by atoms with van der Waals surface area (Å²) in [6, 6.07) is 3.92. The Hall–Kier alpha value is -1.98. The first-order chi connectivity index (χ1) is 13.3. The summed E-state index contributed by atoms with van der Waals surface area (Å²) >= 11 is 0. The summed E-state index contributed by atoms with van der Waals surface area (Å²) in [6.45, 7) is 4.30. The Labute approximate surface area is 162 Å². The van der Waals surface area contributed by atoms with Gasteiger partial charge in [0.15, 0.2) is 5.96 Å². The van der Waals surface area contributed by atoms with Crippen LogP contribution in [0.15, 0.2) is 27.8 Å². The Bertz CT molecular complexity index is 579. The fraction of sp³-hybridized carbons (Fsp3) is 0.714. The third-order valence-electron chi connectivity index (χ3n) is 5.54. The third-order valence-corrected chi connectivity index (χ3v) is 5.54. The van der Waals surface area contributed by atoms with Crippen molar-refractivity contribution in [2.75, 3.05) is 32.7 Å².